The summed E-state index contributed by atoms with van der Waals surface area (Å²) < 4.78 is -0.544. The Kier molecular flexibility index (Phi) is 6.88. The van der Waals surface area contributed by atoms with Crippen molar-refractivity contribution in [3.8, 4) is 0 Å². The van der Waals surface area contributed by atoms with Gasteiger partial charge in [0.25, 0.3) is 0 Å². The zero-order chi connectivity index (χ0) is 19.5. The van der Waals surface area contributed by atoms with E-state index in [9.17, 15) is 19.5 Å². The van der Waals surface area contributed by atoms with Gasteiger partial charge in [0.05, 0.1) is 12.5 Å². The SMILES string of the molecule is CC(=O)SCC(C)C(=O)[N@+]1(C(=O)O)C[C@@H](Cc2ccc(Cl)cc2)CC1C. The van der Waals surface area contributed by atoms with Crippen molar-refractivity contribution >= 4 is 40.5 Å². The topological polar surface area (TPSA) is 71.4 Å². The van der Waals surface area contributed by atoms with Crippen molar-refractivity contribution in [2.75, 3.05) is 12.3 Å². The molecule has 1 aliphatic heterocycles. The standard InChI is InChI=1S/C19H24ClNO4S/c1-12(11-26-14(3)22)18(23)21(19(24)25)10-16(8-13(21)2)9-15-4-6-17(20)7-5-15/h4-7,12-13,16H,8-11H2,1-3H3/p+1/t12?,13?,16-,21+/m1/s1. The Hall–Kier alpha value is -1.37. The average Bonchev–Trinajstić information content (AvgIpc) is 2.91. The van der Waals surface area contributed by atoms with Crippen molar-refractivity contribution in [2.24, 2.45) is 11.8 Å². The molecule has 2 amide bonds. The number of rotatable bonds is 5. The summed E-state index contributed by atoms with van der Waals surface area (Å²) in [4.78, 5) is 36.3. The van der Waals surface area contributed by atoms with Crippen LogP contribution in [0.2, 0.25) is 5.02 Å². The molecule has 0 aliphatic carbocycles. The molecule has 2 rings (SSSR count). The highest BCUT2D eigenvalue weighted by molar-refractivity contribution is 8.13. The fourth-order valence-corrected chi connectivity index (χ4v) is 4.55. The Labute approximate surface area is 163 Å². The zero-order valence-corrected chi connectivity index (χ0v) is 16.8. The van der Waals surface area contributed by atoms with E-state index in [-0.39, 0.29) is 29.5 Å². The predicted octanol–water partition coefficient (Wildman–Crippen LogP) is 4.23. The lowest BCUT2D eigenvalue weighted by molar-refractivity contribution is -0.795. The Morgan fingerprint density at radius 1 is 1.31 bits per heavy atom. The fourth-order valence-electron chi connectivity index (χ4n) is 3.80. The van der Waals surface area contributed by atoms with Crippen molar-refractivity contribution in [1.82, 2.24) is 0 Å². The molecule has 1 aliphatic rings. The van der Waals surface area contributed by atoms with Gasteiger partial charge in [-0.1, -0.05) is 35.5 Å². The van der Waals surface area contributed by atoms with Crippen LogP contribution < -0.4 is 0 Å². The van der Waals surface area contributed by atoms with Crippen molar-refractivity contribution in [3.05, 3.63) is 34.9 Å². The third-order valence-corrected chi connectivity index (χ3v) is 6.43. The Morgan fingerprint density at radius 2 is 1.92 bits per heavy atom. The molecule has 1 aromatic rings. The number of amides is 2. The minimum Gasteiger partial charge on any atom is -0.435 e. The van der Waals surface area contributed by atoms with Gasteiger partial charge in [-0.2, -0.15) is 9.28 Å². The minimum atomic E-state index is -1.10. The molecule has 0 spiro atoms. The lowest BCUT2D eigenvalue weighted by Crippen LogP contribution is -2.60. The maximum absolute atomic E-state index is 13.0. The van der Waals surface area contributed by atoms with Crippen molar-refractivity contribution in [3.63, 3.8) is 0 Å². The molecule has 1 fully saturated rings. The van der Waals surface area contributed by atoms with Crippen LogP contribution in [0.15, 0.2) is 24.3 Å². The summed E-state index contributed by atoms with van der Waals surface area (Å²) in [6.07, 6.45) is 0.298. The fraction of sp³-hybridized carbons (Fsp3) is 0.526. The molecule has 0 bridgehead atoms. The monoisotopic (exact) mass is 398 g/mol. The van der Waals surface area contributed by atoms with Gasteiger partial charge in [-0.15, -0.1) is 0 Å². The van der Waals surface area contributed by atoms with Gasteiger partial charge in [-0.25, -0.2) is 4.79 Å². The van der Waals surface area contributed by atoms with E-state index in [1.54, 1.807) is 6.92 Å². The first kappa shape index (κ1) is 20.9. The summed E-state index contributed by atoms with van der Waals surface area (Å²) in [6, 6.07) is 7.23. The summed E-state index contributed by atoms with van der Waals surface area (Å²) in [5.74, 6) is -0.372. The molecule has 2 unspecified atom stereocenters. The molecule has 1 heterocycles. The van der Waals surface area contributed by atoms with Crippen LogP contribution in [0.25, 0.3) is 0 Å². The van der Waals surface area contributed by atoms with Crippen LogP contribution in [-0.4, -0.2) is 45.0 Å². The van der Waals surface area contributed by atoms with Crippen molar-refractivity contribution in [1.29, 1.82) is 0 Å². The van der Waals surface area contributed by atoms with E-state index in [1.807, 2.05) is 31.2 Å². The number of halogens is 1. The second kappa shape index (κ2) is 8.55. The van der Waals surface area contributed by atoms with E-state index in [2.05, 4.69) is 0 Å². The number of carboxylic acid groups (broad SMARTS) is 1. The number of thioether (sulfide) groups is 1. The molecule has 142 valence electrons. The maximum Gasteiger partial charge on any atom is 0.521 e. The van der Waals surface area contributed by atoms with Gasteiger partial charge in [-0.3, -0.25) is 4.79 Å². The van der Waals surface area contributed by atoms with Crippen molar-refractivity contribution in [2.45, 2.75) is 39.7 Å². The molecule has 0 saturated carbocycles. The summed E-state index contributed by atoms with van der Waals surface area (Å²) in [5, 5.41) is 10.5. The largest absolute Gasteiger partial charge is 0.521 e. The molecule has 0 aromatic heterocycles. The first-order chi connectivity index (χ1) is 12.2. The highest BCUT2D eigenvalue weighted by Gasteiger charge is 2.57. The molecule has 7 heteroatoms. The Morgan fingerprint density at radius 3 is 2.46 bits per heavy atom. The quantitative estimate of drug-likeness (QED) is 0.751. The third-order valence-electron chi connectivity index (χ3n) is 5.10. The number of benzene rings is 1. The number of carbonyl (C=O) groups is 3. The normalized spacial score (nSPS) is 26.5. The second-order valence-electron chi connectivity index (χ2n) is 7.16. The molecule has 1 saturated heterocycles. The highest BCUT2D eigenvalue weighted by atomic mass is 35.5. The van der Waals surface area contributed by atoms with Gasteiger partial charge < -0.3 is 5.11 Å². The minimum absolute atomic E-state index is 0.0680. The molecular formula is C19H25ClNO4S+. The smallest absolute Gasteiger partial charge is 0.435 e. The number of nitrogens with zero attached hydrogens (tertiary/aromatic N) is 1. The molecule has 1 aromatic carbocycles. The van der Waals surface area contributed by atoms with Crippen LogP contribution in [0.5, 0.6) is 0 Å². The molecule has 4 atom stereocenters. The second-order valence-corrected chi connectivity index (χ2v) is 8.79. The van der Waals surface area contributed by atoms with Gasteiger partial charge >= 0.3 is 12.0 Å². The van der Waals surface area contributed by atoms with Crippen LogP contribution in [0, 0.1) is 11.8 Å². The number of hydrogen-bond donors (Lipinski definition) is 1. The maximum atomic E-state index is 13.0. The van der Waals surface area contributed by atoms with E-state index in [1.165, 1.54) is 6.92 Å². The number of likely N-dealkylation sites (tertiary alicyclic amines) is 1. The molecular weight excluding hydrogens is 374 g/mol. The van der Waals surface area contributed by atoms with Gasteiger partial charge in [0.1, 0.15) is 6.04 Å². The Bertz CT molecular complexity index is 693. The lowest BCUT2D eigenvalue weighted by atomic mass is 9.97. The summed E-state index contributed by atoms with van der Waals surface area (Å²) >= 11 is 6.98. The van der Waals surface area contributed by atoms with E-state index < -0.39 is 16.5 Å². The molecule has 0 radical (unpaired) electrons. The van der Waals surface area contributed by atoms with Crippen LogP contribution in [0.3, 0.4) is 0 Å². The first-order valence-electron chi connectivity index (χ1n) is 8.70. The number of imide groups is 1. The molecule has 5 nitrogen and oxygen atoms in total. The van der Waals surface area contributed by atoms with Crippen LogP contribution >= 0.6 is 23.4 Å². The first-order valence-corrected chi connectivity index (χ1v) is 10.1. The summed E-state index contributed by atoms with van der Waals surface area (Å²) in [5.41, 5.74) is 1.09. The average molecular weight is 399 g/mol. The lowest BCUT2D eigenvalue weighted by Gasteiger charge is -2.32. The summed E-state index contributed by atoms with van der Waals surface area (Å²) in [6.45, 7) is 5.27. The molecule has 26 heavy (non-hydrogen) atoms. The van der Waals surface area contributed by atoms with Crippen LogP contribution in [0.4, 0.5) is 4.79 Å². The van der Waals surface area contributed by atoms with Crippen LogP contribution in [0.1, 0.15) is 32.8 Å². The van der Waals surface area contributed by atoms with Crippen molar-refractivity contribution < 1.29 is 24.0 Å². The van der Waals surface area contributed by atoms with E-state index in [4.69, 9.17) is 11.6 Å². The highest BCUT2D eigenvalue weighted by Crippen LogP contribution is 2.36. The third kappa shape index (κ3) is 4.48. The van der Waals surface area contributed by atoms with Gasteiger partial charge in [0.15, 0.2) is 5.12 Å². The Balaban J connectivity index is 2.16. The van der Waals surface area contributed by atoms with Crippen LogP contribution in [-0.2, 0) is 16.0 Å². The van der Waals surface area contributed by atoms with Gasteiger partial charge in [0, 0.05) is 30.0 Å². The predicted molar refractivity (Wildman–Crippen MR) is 103 cm³/mol. The van der Waals surface area contributed by atoms with E-state index in [0.29, 0.717) is 17.2 Å². The summed E-state index contributed by atoms with van der Waals surface area (Å²) in [7, 11) is 0. The number of hydrogen-bond acceptors (Lipinski definition) is 4. The van der Waals surface area contributed by atoms with E-state index in [0.717, 1.165) is 23.7 Å². The van der Waals surface area contributed by atoms with Gasteiger partial charge in [-0.05, 0) is 38.0 Å². The number of quaternary nitrogens is 1. The van der Waals surface area contributed by atoms with Gasteiger partial charge in [0.2, 0.25) is 0 Å². The van der Waals surface area contributed by atoms with E-state index >= 15 is 0 Å². The zero-order valence-electron chi connectivity index (χ0n) is 15.3. The number of carbonyl (C=O) groups excluding carboxylic acids is 2. The molecule has 1 N–H and O–H groups in total.